The Morgan fingerprint density at radius 1 is 1.00 bits per heavy atom. The molecule has 9 nitrogen and oxygen atoms in total. The standard InChI is InChI=1S/C26H21N3O6/c1-15-13-17(25(27)30)5-9-20(15)24-21(16-3-7-19(35-2)8-4-16)11-12-28(24)18-6-10-22(26(31)32)23(14-18)29(33)34/h3-14H,1-2H3,(H2,27,30)(H,31,32). The molecule has 0 spiro atoms. The van der Waals surface area contributed by atoms with Crippen LogP contribution in [-0.4, -0.2) is 33.6 Å². The fraction of sp³-hybridized carbons (Fsp3) is 0.0769. The van der Waals surface area contributed by atoms with Crippen molar-refractivity contribution < 1.29 is 24.4 Å². The molecule has 0 radical (unpaired) electrons. The Balaban J connectivity index is 1.98. The number of rotatable bonds is 7. The lowest BCUT2D eigenvalue weighted by Crippen LogP contribution is -2.11. The number of carbonyl (C=O) groups is 2. The Kier molecular flexibility index (Phi) is 6.07. The van der Waals surface area contributed by atoms with Gasteiger partial charge in [0.15, 0.2) is 0 Å². The lowest BCUT2D eigenvalue weighted by atomic mass is 9.96. The zero-order valence-electron chi connectivity index (χ0n) is 18.9. The number of aryl methyl sites for hydroxylation is 1. The average molecular weight is 471 g/mol. The van der Waals surface area contributed by atoms with Gasteiger partial charge in [-0.15, -0.1) is 0 Å². The summed E-state index contributed by atoms with van der Waals surface area (Å²) in [4.78, 5) is 34.0. The van der Waals surface area contributed by atoms with Gasteiger partial charge in [0.25, 0.3) is 5.69 Å². The van der Waals surface area contributed by atoms with Crippen LogP contribution in [0.2, 0.25) is 0 Å². The van der Waals surface area contributed by atoms with E-state index in [4.69, 9.17) is 10.5 Å². The summed E-state index contributed by atoms with van der Waals surface area (Å²) in [6.07, 6.45) is 1.76. The molecule has 176 valence electrons. The zero-order chi connectivity index (χ0) is 25.3. The van der Waals surface area contributed by atoms with Gasteiger partial charge in [-0.1, -0.05) is 18.2 Å². The number of carboxylic acid groups (broad SMARTS) is 1. The Labute approximate surface area is 200 Å². The van der Waals surface area contributed by atoms with Crippen molar-refractivity contribution in [1.29, 1.82) is 0 Å². The fourth-order valence-corrected chi connectivity index (χ4v) is 4.01. The summed E-state index contributed by atoms with van der Waals surface area (Å²) in [6, 6.07) is 18.4. The highest BCUT2D eigenvalue weighted by Crippen LogP contribution is 2.38. The zero-order valence-corrected chi connectivity index (χ0v) is 18.9. The maximum absolute atomic E-state index is 11.7. The summed E-state index contributed by atoms with van der Waals surface area (Å²) in [5.74, 6) is -1.24. The Morgan fingerprint density at radius 2 is 1.71 bits per heavy atom. The summed E-state index contributed by atoms with van der Waals surface area (Å²) in [5.41, 5.74) is 9.25. The van der Waals surface area contributed by atoms with Crippen molar-refractivity contribution in [2.75, 3.05) is 7.11 Å². The van der Waals surface area contributed by atoms with Crippen molar-refractivity contribution in [3.05, 3.63) is 99.7 Å². The van der Waals surface area contributed by atoms with Gasteiger partial charge in [0.2, 0.25) is 5.91 Å². The molecule has 0 aliphatic heterocycles. The van der Waals surface area contributed by atoms with Gasteiger partial charge in [-0.2, -0.15) is 0 Å². The number of carbonyl (C=O) groups excluding carboxylic acids is 1. The van der Waals surface area contributed by atoms with E-state index in [0.29, 0.717) is 22.7 Å². The van der Waals surface area contributed by atoms with Crippen LogP contribution in [-0.2, 0) is 0 Å². The van der Waals surface area contributed by atoms with Gasteiger partial charge in [-0.05, 0) is 60.5 Å². The van der Waals surface area contributed by atoms with Gasteiger partial charge in [0.05, 0.1) is 23.4 Å². The molecular formula is C26H21N3O6. The third kappa shape index (κ3) is 4.34. The first-order valence-corrected chi connectivity index (χ1v) is 10.5. The van der Waals surface area contributed by atoms with E-state index in [9.17, 15) is 24.8 Å². The third-order valence-electron chi connectivity index (χ3n) is 5.74. The van der Waals surface area contributed by atoms with Crippen LogP contribution >= 0.6 is 0 Å². The Hall–Kier alpha value is -4.92. The van der Waals surface area contributed by atoms with E-state index in [0.717, 1.165) is 22.3 Å². The molecule has 4 aromatic rings. The molecule has 35 heavy (non-hydrogen) atoms. The summed E-state index contributed by atoms with van der Waals surface area (Å²) in [7, 11) is 1.58. The van der Waals surface area contributed by atoms with Crippen molar-refractivity contribution >= 4 is 17.6 Å². The number of nitrogens with two attached hydrogens (primary N) is 1. The van der Waals surface area contributed by atoms with Gasteiger partial charge >= 0.3 is 5.97 Å². The molecule has 9 heteroatoms. The molecule has 1 heterocycles. The number of methoxy groups -OCH3 is 1. The van der Waals surface area contributed by atoms with Crippen LogP contribution in [0.15, 0.2) is 72.9 Å². The summed E-state index contributed by atoms with van der Waals surface area (Å²) in [5, 5.41) is 20.9. The topological polar surface area (TPSA) is 138 Å². The number of carboxylic acids is 1. The van der Waals surface area contributed by atoms with Gasteiger partial charge in [0, 0.05) is 29.0 Å². The second kappa shape index (κ2) is 9.14. The average Bonchev–Trinajstić information content (AvgIpc) is 3.28. The number of ether oxygens (including phenoxy) is 1. The van der Waals surface area contributed by atoms with Crippen molar-refractivity contribution in [2.45, 2.75) is 6.92 Å². The summed E-state index contributed by atoms with van der Waals surface area (Å²) in [6.45, 7) is 1.84. The molecule has 0 saturated heterocycles. The normalized spacial score (nSPS) is 10.7. The minimum Gasteiger partial charge on any atom is -0.497 e. The summed E-state index contributed by atoms with van der Waals surface area (Å²) >= 11 is 0. The van der Waals surface area contributed by atoms with E-state index in [1.54, 1.807) is 36.1 Å². The molecule has 3 aromatic carbocycles. The highest BCUT2D eigenvalue weighted by atomic mass is 16.6. The van der Waals surface area contributed by atoms with Crippen molar-refractivity contribution in [3.8, 4) is 33.8 Å². The number of primary amides is 1. The van der Waals surface area contributed by atoms with Gasteiger partial charge in [-0.25, -0.2) is 4.79 Å². The molecule has 3 N–H and O–H groups in total. The largest absolute Gasteiger partial charge is 0.497 e. The van der Waals surface area contributed by atoms with Crippen molar-refractivity contribution in [1.82, 2.24) is 4.57 Å². The fourth-order valence-electron chi connectivity index (χ4n) is 4.01. The summed E-state index contributed by atoms with van der Waals surface area (Å²) < 4.78 is 7.01. The van der Waals surface area contributed by atoms with Gasteiger partial charge in [0.1, 0.15) is 11.3 Å². The molecule has 0 atom stereocenters. The number of amides is 1. The maximum atomic E-state index is 11.7. The molecule has 1 aromatic heterocycles. The number of hydrogen-bond acceptors (Lipinski definition) is 5. The number of hydrogen-bond donors (Lipinski definition) is 2. The molecule has 4 rings (SSSR count). The van der Waals surface area contributed by atoms with E-state index >= 15 is 0 Å². The second-order valence-corrected chi connectivity index (χ2v) is 7.83. The van der Waals surface area contributed by atoms with E-state index < -0.39 is 28.1 Å². The molecule has 0 aliphatic rings. The van der Waals surface area contributed by atoms with E-state index in [1.165, 1.54) is 18.2 Å². The first-order valence-electron chi connectivity index (χ1n) is 10.5. The molecule has 0 saturated carbocycles. The first-order chi connectivity index (χ1) is 16.7. The number of benzene rings is 3. The third-order valence-corrected chi connectivity index (χ3v) is 5.74. The minimum absolute atomic E-state index is 0.358. The predicted octanol–water partition coefficient (Wildman–Crippen LogP) is 4.83. The predicted molar refractivity (Wildman–Crippen MR) is 130 cm³/mol. The number of nitrogens with zero attached hydrogens (tertiary/aromatic N) is 2. The SMILES string of the molecule is COc1ccc(-c2ccn(-c3ccc(C(=O)O)c([N+](=O)[O-])c3)c2-c2ccc(C(N)=O)cc2C)cc1. The minimum atomic E-state index is -1.38. The van der Waals surface area contributed by atoms with Crippen LogP contribution in [0.25, 0.3) is 28.1 Å². The van der Waals surface area contributed by atoms with Crippen molar-refractivity contribution in [3.63, 3.8) is 0 Å². The monoisotopic (exact) mass is 471 g/mol. The Bertz CT molecular complexity index is 1470. The van der Waals surface area contributed by atoms with Gasteiger partial charge in [-0.3, -0.25) is 14.9 Å². The van der Waals surface area contributed by atoms with E-state index in [2.05, 4.69) is 0 Å². The smallest absolute Gasteiger partial charge is 0.342 e. The molecular weight excluding hydrogens is 450 g/mol. The number of nitro groups is 1. The molecule has 0 aliphatic carbocycles. The number of nitro benzene ring substituents is 1. The van der Waals surface area contributed by atoms with Crippen LogP contribution in [0.4, 0.5) is 5.69 Å². The van der Waals surface area contributed by atoms with Crippen molar-refractivity contribution in [2.24, 2.45) is 5.73 Å². The highest BCUT2D eigenvalue weighted by molar-refractivity contribution is 5.95. The van der Waals surface area contributed by atoms with E-state index in [1.807, 2.05) is 37.3 Å². The van der Waals surface area contributed by atoms with Crippen LogP contribution in [0, 0.1) is 17.0 Å². The van der Waals surface area contributed by atoms with Gasteiger partial charge < -0.3 is 20.1 Å². The van der Waals surface area contributed by atoms with Crippen LogP contribution in [0.3, 0.4) is 0 Å². The maximum Gasteiger partial charge on any atom is 0.342 e. The quantitative estimate of drug-likeness (QED) is 0.292. The first kappa shape index (κ1) is 23.2. The van der Waals surface area contributed by atoms with Crippen LogP contribution < -0.4 is 10.5 Å². The lowest BCUT2D eigenvalue weighted by Gasteiger charge is -2.16. The number of aromatic nitrogens is 1. The highest BCUT2D eigenvalue weighted by Gasteiger charge is 2.23. The van der Waals surface area contributed by atoms with E-state index in [-0.39, 0.29) is 0 Å². The Morgan fingerprint density at radius 3 is 2.29 bits per heavy atom. The molecule has 0 fully saturated rings. The number of aromatic carboxylic acids is 1. The second-order valence-electron chi connectivity index (χ2n) is 7.83. The lowest BCUT2D eigenvalue weighted by molar-refractivity contribution is -0.385. The molecule has 1 amide bonds. The van der Waals surface area contributed by atoms with Crippen LogP contribution in [0.1, 0.15) is 26.3 Å². The van der Waals surface area contributed by atoms with Crippen LogP contribution in [0.5, 0.6) is 5.75 Å². The molecule has 0 unspecified atom stereocenters. The molecule has 0 bridgehead atoms.